The molecule has 0 fully saturated rings. The summed E-state index contributed by atoms with van der Waals surface area (Å²) in [5.41, 5.74) is 2.42. The van der Waals surface area contributed by atoms with Gasteiger partial charge in [-0.25, -0.2) is 23.9 Å². The fourth-order valence-corrected chi connectivity index (χ4v) is 2.78. The number of hydrogen-bond acceptors (Lipinski definition) is 9. The first-order valence-electron chi connectivity index (χ1n) is 10.4. The Balaban J connectivity index is 0.000000392. The molecular formula is C23H21FN8O4. The van der Waals surface area contributed by atoms with Crippen LogP contribution < -0.4 is 10.6 Å². The zero-order valence-corrected chi connectivity index (χ0v) is 18.8. The van der Waals surface area contributed by atoms with Crippen LogP contribution in [0.2, 0.25) is 0 Å². The third-order valence-corrected chi connectivity index (χ3v) is 4.42. The number of nitrogens with zero attached hydrogens (tertiary/aromatic N) is 5. The van der Waals surface area contributed by atoms with Crippen LogP contribution in [0.3, 0.4) is 0 Å². The van der Waals surface area contributed by atoms with Gasteiger partial charge in [-0.1, -0.05) is 12.1 Å². The maximum atomic E-state index is 13.2. The minimum Gasteiger partial charge on any atom is -0.478 e. The van der Waals surface area contributed by atoms with Crippen LogP contribution in [0.15, 0.2) is 73.5 Å². The Morgan fingerprint density at radius 3 is 2.33 bits per heavy atom. The summed E-state index contributed by atoms with van der Waals surface area (Å²) in [7, 11) is 0. The zero-order chi connectivity index (χ0) is 25.9. The van der Waals surface area contributed by atoms with Gasteiger partial charge in [-0.15, -0.1) is 0 Å². The van der Waals surface area contributed by atoms with Crippen LogP contribution in [0, 0.1) is 5.82 Å². The molecule has 12 nitrogen and oxygen atoms in total. The van der Waals surface area contributed by atoms with Gasteiger partial charge in [0, 0.05) is 42.4 Å². The molecule has 0 saturated carbocycles. The van der Waals surface area contributed by atoms with Gasteiger partial charge in [0.05, 0.1) is 24.1 Å². The van der Waals surface area contributed by atoms with Crippen LogP contribution in [0.4, 0.5) is 22.0 Å². The molecule has 0 spiro atoms. The van der Waals surface area contributed by atoms with E-state index in [9.17, 15) is 14.0 Å². The molecule has 0 bridgehead atoms. The SMILES string of the molecule is C[C@H](Nc1nc(Nc2cnccn2)cc(-c2cn[nH]c2)n1)c1ccc(F)cc1.O=C(O)/C=C\C(=O)O. The molecule has 0 unspecified atom stereocenters. The second kappa shape index (κ2) is 12.3. The molecule has 0 aliphatic rings. The zero-order valence-electron chi connectivity index (χ0n) is 18.8. The number of rotatable bonds is 8. The van der Waals surface area contributed by atoms with Gasteiger partial charge >= 0.3 is 11.9 Å². The first-order valence-corrected chi connectivity index (χ1v) is 10.4. The number of carboxylic acids is 2. The van der Waals surface area contributed by atoms with Gasteiger partial charge in [0.15, 0.2) is 0 Å². The quantitative estimate of drug-likeness (QED) is 0.227. The summed E-state index contributed by atoms with van der Waals surface area (Å²) in [6.07, 6.45) is 9.34. The van der Waals surface area contributed by atoms with E-state index in [1.165, 1.54) is 12.1 Å². The topological polar surface area (TPSA) is 179 Å². The van der Waals surface area contributed by atoms with Gasteiger partial charge in [-0.2, -0.15) is 10.1 Å². The van der Waals surface area contributed by atoms with E-state index in [0.29, 0.717) is 35.4 Å². The summed E-state index contributed by atoms with van der Waals surface area (Å²) in [5.74, 6) is -1.25. The summed E-state index contributed by atoms with van der Waals surface area (Å²) >= 11 is 0. The number of nitrogens with one attached hydrogen (secondary N) is 3. The minimum atomic E-state index is -1.26. The highest BCUT2D eigenvalue weighted by atomic mass is 19.1. The Hall–Kier alpha value is -5.20. The molecule has 0 aliphatic heterocycles. The van der Waals surface area contributed by atoms with Crippen LogP contribution in [0.5, 0.6) is 0 Å². The number of anilines is 3. The van der Waals surface area contributed by atoms with Crippen molar-refractivity contribution in [3.63, 3.8) is 0 Å². The molecule has 5 N–H and O–H groups in total. The van der Waals surface area contributed by atoms with E-state index in [0.717, 1.165) is 11.1 Å². The number of aromatic amines is 1. The Bertz CT molecular complexity index is 1300. The van der Waals surface area contributed by atoms with E-state index in [-0.39, 0.29) is 11.9 Å². The Morgan fingerprint density at radius 2 is 1.75 bits per heavy atom. The van der Waals surface area contributed by atoms with E-state index in [1.54, 1.807) is 49.2 Å². The predicted molar refractivity (Wildman–Crippen MR) is 128 cm³/mol. The maximum Gasteiger partial charge on any atom is 0.328 e. The lowest BCUT2D eigenvalue weighted by Gasteiger charge is -2.16. The monoisotopic (exact) mass is 492 g/mol. The number of benzene rings is 1. The first kappa shape index (κ1) is 25.4. The normalized spacial score (nSPS) is 11.3. The second-order valence-electron chi connectivity index (χ2n) is 7.09. The lowest BCUT2D eigenvalue weighted by molar-refractivity contribution is -0.134. The van der Waals surface area contributed by atoms with Gasteiger partial charge in [-0.05, 0) is 24.6 Å². The summed E-state index contributed by atoms with van der Waals surface area (Å²) in [6, 6.07) is 7.99. The second-order valence-corrected chi connectivity index (χ2v) is 7.09. The molecule has 0 amide bonds. The average Bonchev–Trinajstić information content (AvgIpc) is 3.39. The molecule has 1 aromatic carbocycles. The van der Waals surface area contributed by atoms with Gasteiger partial charge in [0.2, 0.25) is 5.95 Å². The standard InChI is InChI=1S/C19H17FN8.C4H4O4/c1-12(13-2-4-15(20)5-3-13)25-19-26-16(14-9-23-24-10-14)8-17(28-19)27-18-11-21-6-7-22-18;5-3(6)1-2-4(7)8/h2-12H,1H3,(H,23,24)(H2,22,25,26,27,28);1-2H,(H,5,6)(H,7,8)/b;2-1-/t12-;/m0./s1. The minimum absolute atomic E-state index is 0.121. The Labute approximate surface area is 204 Å². The molecule has 0 aliphatic carbocycles. The summed E-state index contributed by atoms with van der Waals surface area (Å²) in [4.78, 5) is 36.4. The molecule has 184 valence electrons. The molecular weight excluding hydrogens is 471 g/mol. The molecule has 1 atom stereocenters. The highest BCUT2D eigenvalue weighted by molar-refractivity contribution is 5.89. The summed E-state index contributed by atoms with van der Waals surface area (Å²) < 4.78 is 13.2. The third kappa shape index (κ3) is 7.98. The van der Waals surface area contributed by atoms with E-state index in [1.807, 2.05) is 6.92 Å². The Kier molecular flexibility index (Phi) is 8.70. The lowest BCUT2D eigenvalue weighted by Crippen LogP contribution is -2.11. The lowest BCUT2D eigenvalue weighted by atomic mass is 10.1. The van der Waals surface area contributed by atoms with Crippen molar-refractivity contribution in [2.24, 2.45) is 0 Å². The molecule has 0 radical (unpaired) electrons. The van der Waals surface area contributed by atoms with Crippen molar-refractivity contribution in [1.82, 2.24) is 30.1 Å². The van der Waals surface area contributed by atoms with Gasteiger partial charge in [0.25, 0.3) is 0 Å². The van der Waals surface area contributed by atoms with Crippen molar-refractivity contribution >= 4 is 29.5 Å². The predicted octanol–water partition coefficient (Wildman–Crippen LogP) is 3.42. The Morgan fingerprint density at radius 1 is 1.03 bits per heavy atom. The van der Waals surface area contributed by atoms with E-state index < -0.39 is 11.9 Å². The van der Waals surface area contributed by atoms with Crippen molar-refractivity contribution in [1.29, 1.82) is 0 Å². The molecule has 3 aromatic heterocycles. The average molecular weight is 492 g/mol. The molecule has 0 saturated heterocycles. The van der Waals surface area contributed by atoms with E-state index >= 15 is 0 Å². The van der Waals surface area contributed by atoms with Crippen molar-refractivity contribution in [3.05, 3.63) is 84.8 Å². The fraction of sp³-hybridized carbons (Fsp3) is 0.0870. The number of halogens is 1. The van der Waals surface area contributed by atoms with Gasteiger partial charge < -0.3 is 20.8 Å². The fourth-order valence-electron chi connectivity index (χ4n) is 2.78. The van der Waals surface area contributed by atoms with Crippen LogP contribution >= 0.6 is 0 Å². The number of aromatic nitrogens is 6. The summed E-state index contributed by atoms with van der Waals surface area (Å²) in [5, 5.41) is 28.8. The number of carbonyl (C=O) groups is 2. The molecule has 4 rings (SSSR count). The van der Waals surface area contributed by atoms with Crippen molar-refractivity contribution in [2.75, 3.05) is 10.6 Å². The van der Waals surface area contributed by atoms with Gasteiger partial charge in [-0.3, -0.25) is 10.1 Å². The molecule has 4 aromatic rings. The number of hydrogen-bond donors (Lipinski definition) is 5. The highest BCUT2D eigenvalue weighted by Gasteiger charge is 2.12. The highest BCUT2D eigenvalue weighted by Crippen LogP contribution is 2.24. The van der Waals surface area contributed by atoms with Crippen molar-refractivity contribution in [2.45, 2.75) is 13.0 Å². The molecule has 36 heavy (non-hydrogen) atoms. The van der Waals surface area contributed by atoms with Crippen molar-refractivity contribution in [3.8, 4) is 11.3 Å². The van der Waals surface area contributed by atoms with Gasteiger partial charge in [0.1, 0.15) is 17.5 Å². The van der Waals surface area contributed by atoms with E-state index in [4.69, 9.17) is 10.2 Å². The van der Waals surface area contributed by atoms with Crippen LogP contribution in [-0.2, 0) is 9.59 Å². The van der Waals surface area contributed by atoms with Crippen LogP contribution in [-0.4, -0.2) is 52.3 Å². The maximum absolute atomic E-state index is 13.2. The van der Waals surface area contributed by atoms with E-state index in [2.05, 4.69) is 40.8 Å². The number of aliphatic carboxylic acids is 2. The van der Waals surface area contributed by atoms with Crippen LogP contribution in [0.25, 0.3) is 11.3 Å². The number of H-pyrrole nitrogens is 1. The molecule has 13 heteroatoms. The van der Waals surface area contributed by atoms with Crippen molar-refractivity contribution < 1.29 is 24.2 Å². The first-order chi connectivity index (χ1) is 17.3. The largest absolute Gasteiger partial charge is 0.478 e. The smallest absolute Gasteiger partial charge is 0.328 e. The third-order valence-electron chi connectivity index (χ3n) is 4.42. The number of carboxylic acid groups (broad SMARTS) is 2. The summed E-state index contributed by atoms with van der Waals surface area (Å²) in [6.45, 7) is 1.96. The molecule has 3 heterocycles. The van der Waals surface area contributed by atoms with Crippen LogP contribution in [0.1, 0.15) is 18.5 Å².